The molecule has 6 heteroatoms. The zero-order valence-electron chi connectivity index (χ0n) is 11.5. The molecule has 5 nitrogen and oxygen atoms in total. The summed E-state index contributed by atoms with van der Waals surface area (Å²) in [5.41, 5.74) is 8.25. The van der Waals surface area contributed by atoms with Gasteiger partial charge in [-0.15, -0.1) is 0 Å². The van der Waals surface area contributed by atoms with Gasteiger partial charge in [0.25, 0.3) is 0 Å². The maximum atomic E-state index is 8.70. The van der Waals surface area contributed by atoms with Crippen molar-refractivity contribution in [2.75, 3.05) is 12.4 Å². The summed E-state index contributed by atoms with van der Waals surface area (Å²) in [6, 6.07) is 13.3. The highest BCUT2D eigenvalue weighted by Crippen LogP contribution is 2.28. The standard InChI is InChI=1S/C15H16BrN3O2/c1-21-14-8-12(5-6-13(14)16)18-9-10-3-2-4-11(7-10)15(17)19-20/h2-8,18,20H,9H2,1H3,(H2,17,19). The van der Waals surface area contributed by atoms with Gasteiger partial charge in [-0.25, -0.2) is 0 Å². The first-order valence-corrected chi connectivity index (χ1v) is 7.07. The van der Waals surface area contributed by atoms with E-state index in [2.05, 4.69) is 26.4 Å². The molecule has 0 spiro atoms. The minimum absolute atomic E-state index is 0.0992. The Morgan fingerprint density at radius 1 is 1.33 bits per heavy atom. The molecule has 0 aliphatic rings. The summed E-state index contributed by atoms with van der Waals surface area (Å²) in [5, 5.41) is 15.0. The molecule has 0 aliphatic heterocycles. The van der Waals surface area contributed by atoms with E-state index in [0.717, 1.165) is 21.5 Å². The second kappa shape index (κ2) is 6.99. The van der Waals surface area contributed by atoms with Gasteiger partial charge in [-0.3, -0.25) is 0 Å². The summed E-state index contributed by atoms with van der Waals surface area (Å²) in [6.07, 6.45) is 0. The summed E-state index contributed by atoms with van der Waals surface area (Å²) >= 11 is 3.42. The smallest absolute Gasteiger partial charge is 0.170 e. The lowest BCUT2D eigenvalue weighted by molar-refractivity contribution is 0.318. The molecule has 0 unspecified atom stereocenters. The lowest BCUT2D eigenvalue weighted by Crippen LogP contribution is -2.13. The van der Waals surface area contributed by atoms with Gasteiger partial charge >= 0.3 is 0 Å². The fourth-order valence-corrected chi connectivity index (χ4v) is 2.28. The molecule has 0 atom stereocenters. The van der Waals surface area contributed by atoms with Crippen molar-refractivity contribution in [3.05, 3.63) is 58.1 Å². The molecular formula is C15H16BrN3O2. The first kappa shape index (κ1) is 15.2. The Bertz CT molecular complexity index is 659. The quantitative estimate of drug-likeness (QED) is 0.335. The molecule has 0 amide bonds. The second-order valence-electron chi connectivity index (χ2n) is 4.39. The third-order valence-electron chi connectivity index (χ3n) is 2.98. The fourth-order valence-electron chi connectivity index (χ4n) is 1.87. The molecule has 0 aromatic heterocycles. The van der Waals surface area contributed by atoms with Gasteiger partial charge in [-0.05, 0) is 39.7 Å². The average molecular weight is 350 g/mol. The molecule has 2 aromatic rings. The van der Waals surface area contributed by atoms with Crippen molar-refractivity contribution in [2.45, 2.75) is 6.54 Å². The van der Waals surface area contributed by atoms with Crippen LogP contribution in [0.4, 0.5) is 5.69 Å². The topological polar surface area (TPSA) is 79.9 Å². The number of ether oxygens (including phenoxy) is 1. The van der Waals surface area contributed by atoms with Crippen molar-refractivity contribution in [3.63, 3.8) is 0 Å². The van der Waals surface area contributed by atoms with E-state index < -0.39 is 0 Å². The van der Waals surface area contributed by atoms with Crippen LogP contribution in [0.1, 0.15) is 11.1 Å². The summed E-state index contributed by atoms with van der Waals surface area (Å²) in [6.45, 7) is 0.622. The van der Waals surface area contributed by atoms with Crippen LogP contribution >= 0.6 is 15.9 Å². The van der Waals surface area contributed by atoms with Gasteiger partial charge in [0.05, 0.1) is 11.6 Å². The number of hydrogen-bond donors (Lipinski definition) is 3. The number of benzene rings is 2. The van der Waals surface area contributed by atoms with Crippen molar-refractivity contribution in [1.29, 1.82) is 0 Å². The molecule has 0 fully saturated rings. The Labute approximate surface area is 131 Å². The molecule has 0 heterocycles. The number of oxime groups is 1. The summed E-state index contributed by atoms with van der Waals surface area (Å²) in [4.78, 5) is 0. The number of rotatable bonds is 5. The minimum Gasteiger partial charge on any atom is -0.495 e. The van der Waals surface area contributed by atoms with E-state index in [1.54, 1.807) is 13.2 Å². The zero-order valence-corrected chi connectivity index (χ0v) is 13.1. The predicted molar refractivity (Wildman–Crippen MR) is 87.0 cm³/mol. The lowest BCUT2D eigenvalue weighted by Gasteiger charge is -2.10. The molecule has 110 valence electrons. The van der Waals surface area contributed by atoms with Crippen LogP contribution in [0, 0.1) is 0 Å². The van der Waals surface area contributed by atoms with Gasteiger partial charge in [0.15, 0.2) is 5.84 Å². The molecule has 0 saturated heterocycles. The van der Waals surface area contributed by atoms with Gasteiger partial charge in [-0.1, -0.05) is 23.4 Å². The molecule has 4 N–H and O–H groups in total. The molecular weight excluding hydrogens is 334 g/mol. The van der Waals surface area contributed by atoms with Gasteiger partial charge in [-0.2, -0.15) is 0 Å². The Kier molecular flexibility index (Phi) is 5.05. The van der Waals surface area contributed by atoms with Gasteiger partial charge in [0.2, 0.25) is 0 Å². The molecule has 0 saturated carbocycles. The SMILES string of the molecule is COc1cc(NCc2cccc(/C(N)=N/O)c2)ccc1Br. The van der Waals surface area contributed by atoms with E-state index in [0.29, 0.717) is 12.1 Å². The van der Waals surface area contributed by atoms with Crippen LogP contribution in [0.2, 0.25) is 0 Å². The first-order valence-electron chi connectivity index (χ1n) is 6.28. The monoisotopic (exact) mass is 349 g/mol. The van der Waals surface area contributed by atoms with Crippen LogP contribution in [0.5, 0.6) is 5.75 Å². The number of anilines is 1. The van der Waals surface area contributed by atoms with Crippen LogP contribution in [0.25, 0.3) is 0 Å². The maximum absolute atomic E-state index is 8.70. The van der Waals surface area contributed by atoms with Crippen LogP contribution in [0.3, 0.4) is 0 Å². The van der Waals surface area contributed by atoms with Crippen molar-refractivity contribution >= 4 is 27.5 Å². The third kappa shape index (κ3) is 3.88. The van der Waals surface area contributed by atoms with Crippen molar-refractivity contribution in [1.82, 2.24) is 0 Å². The number of methoxy groups -OCH3 is 1. The number of nitrogens with one attached hydrogen (secondary N) is 1. The maximum Gasteiger partial charge on any atom is 0.170 e. The van der Waals surface area contributed by atoms with Crippen molar-refractivity contribution in [2.24, 2.45) is 10.9 Å². The van der Waals surface area contributed by atoms with Crippen LogP contribution in [-0.2, 0) is 6.54 Å². The van der Waals surface area contributed by atoms with Crippen LogP contribution < -0.4 is 15.8 Å². The van der Waals surface area contributed by atoms with Gasteiger partial charge in [0, 0.05) is 23.9 Å². The number of hydrogen-bond acceptors (Lipinski definition) is 4. The number of nitrogens with zero attached hydrogens (tertiary/aromatic N) is 1. The molecule has 2 aromatic carbocycles. The van der Waals surface area contributed by atoms with Gasteiger partial charge < -0.3 is 21.0 Å². The Morgan fingerprint density at radius 3 is 2.86 bits per heavy atom. The third-order valence-corrected chi connectivity index (χ3v) is 3.63. The van der Waals surface area contributed by atoms with E-state index in [1.807, 2.05) is 36.4 Å². The van der Waals surface area contributed by atoms with E-state index in [-0.39, 0.29) is 5.84 Å². The largest absolute Gasteiger partial charge is 0.495 e. The van der Waals surface area contributed by atoms with E-state index in [1.165, 1.54) is 0 Å². The molecule has 21 heavy (non-hydrogen) atoms. The van der Waals surface area contributed by atoms with Crippen molar-refractivity contribution < 1.29 is 9.94 Å². The normalized spacial score (nSPS) is 11.2. The van der Waals surface area contributed by atoms with E-state index >= 15 is 0 Å². The average Bonchev–Trinajstić information content (AvgIpc) is 2.53. The Balaban J connectivity index is 2.09. The zero-order chi connectivity index (χ0) is 15.2. The predicted octanol–water partition coefficient (Wildman–Crippen LogP) is 3.16. The van der Waals surface area contributed by atoms with Crippen LogP contribution in [0.15, 0.2) is 52.1 Å². The second-order valence-corrected chi connectivity index (χ2v) is 5.24. The number of halogens is 1. The highest BCUT2D eigenvalue weighted by Gasteiger charge is 2.03. The van der Waals surface area contributed by atoms with E-state index in [4.69, 9.17) is 15.7 Å². The molecule has 0 bridgehead atoms. The minimum atomic E-state index is 0.0992. The van der Waals surface area contributed by atoms with Crippen molar-refractivity contribution in [3.8, 4) is 5.75 Å². The molecule has 0 radical (unpaired) electrons. The molecule has 2 rings (SSSR count). The highest BCUT2D eigenvalue weighted by molar-refractivity contribution is 9.10. The lowest BCUT2D eigenvalue weighted by atomic mass is 10.1. The van der Waals surface area contributed by atoms with Gasteiger partial charge in [0.1, 0.15) is 5.75 Å². The summed E-state index contributed by atoms with van der Waals surface area (Å²) in [5.74, 6) is 0.868. The number of amidine groups is 1. The first-order chi connectivity index (χ1) is 10.1. The fraction of sp³-hybridized carbons (Fsp3) is 0.133. The Hall–Kier alpha value is -2.21. The summed E-state index contributed by atoms with van der Waals surface area (Å²) in [7, 11) is 1.63. The Morgan fingerprint density at radius 2 is 2.14 bits per heavy atom. The molecule has 0 aliphatic carbocycles. The summed E-state index contributed by atoms with van der Waals surface area (Å²) < 4.78 is 6.16. The number of nitrogens with two attached hydrogens (primary N) is 1. The van der Waals surface area contributed by atoms with Crippen LogP contribution in [-0.4, -0.2) is 18.2 Å². The van der Waals surface area contributed by atoms with E-state index in [9.17, 15) is 0 Å². The highest BCUT2D eigenvalue weighted by atomic mass is 79.9.